The van der Waals surface area contributed by atoms with Crippen molar-refractivity contribution in [1.82, 2.24) is 0 Å². The van der Waals surface area contributed by atoms with E-state index in [1.54, 1.807) is 0 Å². The van der Waals surface area contributed by atoms with Gasteiger partial charge in [0, 0.05) is 6.42 Å². The fourth-order valence-corrected chi connectivity index (χ4v) is 2.78. The van der Waals surface area contributed by atoms with Crippen LogP contribution in [0.1, 0.15) is 19.3 Å². The Labute approximate surface area is 99.2 Å². The van der Waals surface area contributed by atoms with Gasteiger partial charge in [-0.3, -0.25) is 4.79 Å². The van der Waals surface area contributed by atoms with Gasteiger partial charge in [0.25, 0.3) is 0 Å². The van der Waals surface area contributed by atoms with Gasteiger partial charge in [0.1, 0.15) is 3.23 Å². The quantitative estimate of drug-likeness (QED) is 0.553. The number of carbonyl (C=O) groups is 1. The van der Waals surface area contributed by atoms with Crippen LogP contribution in [0.5, 0.6) is 0 Å². The van der Waals surface area contributed by atoms with E-state index in [0.717, 1.165) is 12.8 Å². The van der Waals surface area contributed by atoms with Crippen LogP contribution in [0.15, 0.2) is 0 Å². The first-order valence-electron chi connectivity index (χ1n) is 3.17. The second-order valence-corrected chi connectivity index (χ2v) is 9.77. The van der Waals surface area contributed by atoms with Crippen molar-refractivity contribution >= 4 is 69.5 Å². The lowest BCUT2D eigenvalue weighted by atomic mass is 9.99. The first-order valence-corrected chi connectivity index (χ1v) is 6.34. The van der Waals surface area contributed by atoms with Crippen molar-refractivity contribution in [3.05, 3.63) is 0 Å². The highest BCUT2D eigenvalue weighted by molar-refractivity contribution is 9.30. The summed E-state index contributed by atoms with van der Waals surface area (Å²) in [4.78, 5) is 11.4. The fraction of sp³-hybridized carbons (Fsp3) is 0.833. The molecule has 0 bridgehead atoms. The van der Waals surface area contributed by atoms with Gasteiger partial charge in [-0.15, -0.1) is 0 Å². The molecule has 0 N–H and O–H groups in total. The number of ketones is 1. The third kappa shape index (κ3) is 1.92. The molecule has 11 heavy (non-hydrogen) atoms. The predicted octanol–water partition coefficient (Wildman–Crippen LogP) is 3.71. The molecule has 1 fully saturated rings. The van der Waals surface area contributed by atoms with Gasteiger partial charge in [0.2, 0.25) is 0 Å². The molecule has 0 heterocycles. The van der Waals surface area contributed by atoms with E-state index in [-0.39, 0.29) is 9.02 Å². The summed E-state index contributed by atoms with van der Waals surface area (Å²) in [7, 11) is 0. The number of rotatable bonds is 0. The van der Waals surface area contributed by atoms with E-state index >= 15 is 0 Å². The number of halogens is 4. The highest BCUT2D eigenvalue weighted by Gasteiger charge is 2.52. The average molecular weight is 414 g/mol. The van der Waals surface area contributed by atoms with Crippen molar-refractivity contribution in [2.24, 2.45) is 0 Å². The second-order valence-electron chi connectivity index (χ2n) is 2.56. The second kappa shape index (κ2) is 3.39. The monoisotopic (exact) mass is 410 g/mol. The standard InChI is InChI=1S/C6H6Br4O/c7-5(8)3-1-2-4(11)6(5,9)10/h1-3H2. The van der Waals surface area contributed by atoms with Crippen molar-refractivity contribution in [2.75, 3.05) is 0 Å². The molecule has 0 aliphatic heterocycles. The molecule has 1 aliphatic carbocycles. The molecular formula is C6H6Br4O. The predicted molar refractivity (Wildman–Crippen MR) is 60.0 cm³/mol. The Balaban J connectivity index is 2.91. The minimum atomic E-state index is -0.648. The number of hydrogen-bond donors (Lipinski definition) is 0. The maximum atomic E-state index is 11.4. The summed E-state index contributed by atoms with van der Waals surface area (Å²) in [6, 6.07) is 0. The summed E-state index contributed by atoms with van der Waals surface area (Å²) in [6.07, 6.45) is 2.49. The molecule has 0 atom stereocenters. The SMILES string of the molecule is O=C1CCCC(Br)(Br)C1(Br)Br. The topological polar surface area (TPSA) is 17.1 Å². The highest BCUT2D eigenvalue weighted by Crippen LogP contribution is 2.54. The minimum Gasteiger partial charge on any atom is -0.297 e. The van der Waals surface area contributed by atoms with Gasteiger partial charge in [-0.1, -0.05) is 63.7 Å². The Morgan fingerprint density at radius 1 is 1.18 bits per heavy atom. The van der Waals surface area contributed by atoms with Crippen LogP contribution in [-0.4, -0.2) is 12.3 Å². The third-order valence-electron chi connectivity index (χ3n) is 1.70. The summed E-state index contributed by atoms with van der Waals surface area (Å²) in [5.74, 6) is 0.178. The zero-order chi connectivity index (χ0) is 8.70. The molecule has 0 radical (unpaired) electrons. The molecule has 0 amide bonds. The highest BCUT2D eigenvalue weighted by atomic mass is 79.9. The molecule has 0 aromatic carbocycles. The molecular weight excluding hydrogens is 408 g/mol. The van der Waals surface area contributed by atoms with E-state index in [4.69, 9.17) is 0 Å². The molecule has 64 valence electrons. The summed E-state index contributed by atoms with van der Waals surface area (Å²) in [5, 5.41) is 0. The number of hydrogen-bond acceptors (Lipinski definition) is 1. The summed E-state index contributed by atoms with van der Waals surface area (Å²) < 4.78 is -0.992. The van der Waals surface area contributed by atoms with E-state index < -0.39 is 3.23 Å². The van der Waals surface area contributed by atoms with Crippen LogP contribution in [0, 0.1) is 0 Å². The molecule has 0 unspecified atom stereocenters. The number of Topliss-reactive ketones (excluding diaryl/α,β-unsaturated/α-hetero) is 1. The molecule has 1 nitrogen and oxygen atoms in total. The summed E-state index contributed by atoms with van der Waals surface area (Å²) >= 11 is 13.6. The normalized spacial score (nSPS) is 28.5. The lowest BCUT2D eigenvalue weighted by Crippen LogP contribution is -2.44. The summed E-state index contributed by atoms with van der Waals surface area (Å²) in [6.45, 7) is 0. The number of carbonyl (C=O) groups excluding carboxylic acids is 1. The van der Waals surface area contributed by atoms with Gasteiger partial charge >= 0.3 is 0 Å². The van der Waals surface area contributed by atoms with Crippen molar-refractivity contribution in [2.45, 2.75) is 25.7 Å². The van der Waals surface area contributed by atoms with Crippen LogP contribution in [0.3, 0.4) is 0 Å². The van der Waals surface area contributed by atoms with Crippen molar-refractivity contribution in [3.63, 3.8) is 0 Å². The van der Waals surface area contributed by atoms with E-state index in [2.05, 4.69) is 63.7 Å². The first-order chi connectivity index (χ1) is 4.88. The van der Waals surface area contributed by atoms with Crippen LogP contribution in [-0.2, 0) is 4.79 Å². The lowest BCUT2D eigenvalue weighted by molar-refractivity contribution is -0.120. The Kier molecular flexibility index (Phi) is 3.29. The zero-order valence-electron chi connectivity index (χ0n) is 5.54. The maximum Gasteiger partial charge on any atom is 0.163 e. The lowest BCUT2D eigenvalue weighted by Gasteiger charge is -2.37. The first kappa shape index (κ1) is 10.7. The molecule has 0 aromatic heterocycles. The average Bonchev–Trinajstić information content (AvgIpc) is 1.84. The molecule has 1 saturated carbocycles. The van der Waals surface area contributed by atoms with Crippen molar-refractivity contribution in [3.8, 4) is 0 Å². The van der Waals surface area contributed by atoms with E-state index in [9.17, 15) is 4.79 Å². The Hall–Kier alpha value is 1.59. The Bertz CT molecular complexity index is 187. The molecule has 1 rings (SSSR count). The van der Waals surface area contributed by atoms with Gasteiger partial charge in [-0.05, 0) is 12.8 Å². The molecule has 5 heteroatoms. The van der Waals surface area contributed by atoms with Crippen LogP contribution in [0.25, 0.3) is 0 Å². The van der Waals surface area contributed by atoms with Crippen molar-refractivity contribution in [1.29, 1.82) is 0 Å². The maximum absolute atomic E-state index is 11.4. The van der Waals surface area contributed by atoms with Crippen LogP contribution in [0.4, 0.5) is 0 Å². The molecule has 1 aliphatic rings. The Morgan fingerprint density at radius 2 is 1.73 bits per heavy atom. The fourth-order valence-electron chi connectivity index (χ4n) is 0.989. The smallest absolute Gasteiger partial charge is 0.163 e. The van der Waals surface area contributed by atoms with Gasteiger partial charge in [0.15, 0.2) is 9.02 Å². The van der Waals surface area contributed by atoms with E-state index in [1.807, 2.05) is 0 Å². The van der Waals surface area contributed by atoms with Gasteiger partial charge < -0.3 is 0 Å². The molecule has 0 aromatic rings. The Morgan fingerprint density at radius 3 is 2.09 bits per heavy atom. The van der Waals surface area contributed by atoms with Crippen LogP contribution < -0.4 is 0 Å². The number of alkyl halides is 4. The van der Waals surface area contributed by atoms with E-state index in [1.165, 1.54) is 0 Å². The van der Waals surface area contributed by atoms with Gasteiger partial charge in [-0.25, -0.2) is 0 Å². The van der Waals surface area contributed by atoms with Crippen LogP contribution in [0.2, 0.25) is 0 Å². The molecule has 0 spiro atoms. The third-order valence-corrected chi connectivity index (χ3v) is 8.05. The molecule has 0 saturated heterocycles. The minimum absolute atomic E-state index is 0.178. The largest absolute Gasteiger partial charge is 0.297 e. The summed E-state index contributed by atoms with van der Waals surface area (Å²) in [5.41, 5.74) is 0. The van der Waals surface area contributed by atoms with Gasteiger partial charge in [0.05, 0.1) is 0 Å². The zero-order valence-corrected chi connectivity index (χ0v) is 11.9. The van der Waals surface area contributed by atoms with Crippen molar-refractivity contribution < 1.29 is 4.79 Å². The van der Waals surface area contributed by atoms with E-state index in [0.29, 0.717) is 6.42 Å². The van der Waals surface area contributed by atoms with Gasteiger partial charge in [-0.2, -0.15) is 0 Å². The van der Waals surface area contributed by atoms with Crippen LogP contribution >= 0.6 is 63.7 Å².